The van der Waals surface area contributed by atoms with Gasteiger partial charge in [0, 0.05) is 0 Å². The summed E-state index contributed by atoms with van der Waals surface area (Å²) in [5.74, 6) is -0.577. The zero-order chi connectivity index (χ0) is 26.7. The van der Waals surface area contributed by atoms with Gasteiger partial charge in [0.1, 0.15) is 12.2 Å². The van der Waals surface area contributed by atoms with E-state index >= 15 is 0 Å². The Hall–Kier alpha value is -3.10. The van der Waals surface area contributed by atoms with Gasteiger partial charge >= 0.3 is 0 Å². The molecule has 10 heteroatoms. The molecule has 1 saturated heterocycles. The highest BCUT2D eigenvalue weighted by molar-refractivity contribution is 7.80. The van der Waals surface area contributed by atoms with E-state index in [0.29, 0.717) is 23.7 Å². The van der Waals surface area contributed by atoms with Crippen LogP contribution in [0, 0.1) is 6.92 Å². The fourth-order valence-corrected chi connectivity index (χ4v) is 4.55. The van der Waals surface area contributed by atoms with Crippen LogP contribution >= 0.6 is 47.0 Å². The van der Waals surface area contributed by atoms with Crippen LogP contribution in [0.1, 0.15) is 23.6 Å². The Morgan fingerprint density at radius 3 is 2.43 bits per heavy atom. The number of nitrogens with zero attached hydrogens (tertiary/aromatic N) is 1. The molecule has 0 radical (unpaired) electrons. The van der Waals surface area contributed by atoms with Crippen molar-refractivity contribution in [2.45, 2.75) is 20.5 Å². The lowest BCUT2D eigenvalue weighted by Gasteiger charge is -2.29. The average Bonchev–Trinajstić information content (AvgIpc) is 2.85. The quantitative estimate of drug-likeness (QED) is 0.191. The Labute approximate surface area is 234 Å². The second-order valence-corrected chi connectivity index (χ2v) is 9.65. The first-order valence-corrected chi connectivity index (χ1v) is 12.7. The van der Waals surface area contributed by atoms with Gasteiger partial charge in [0.15, 0.2) is 16.6 Å². The van der Waals surface area contributed by atoms with Gasteiger partial charge in [-0.15, -0.1) is 0 Å². The topological polar surface area (TPSA) is 67.9 Å². The third kappa shape index (κ3) is 5.91. The SMILES string of the molecule is CCOc1cc(/C=C2\C(=O)NC(=S)N(c3cccc(Cl)c3Cl)C2=O)cc(Cl)c1OCc1ccc(C)cc1. The van der Waals surface area contributed by atoms with Gasteiger partial charge in [0.25, 0.3) is 11.8 Å². The Kier molecular flexibility index (Phi) is 8.39. The lowest BCUT2D eigenvalue weighted by atomic mass is 10.1. The van der Waals surface area contributed by atoms with Crippen LogP contribution in [0.3, 0.4) is 0 Å². The largest absolute Gasteiger partial charge is 0.490 e. The van der Waals surface area contributed by atoms with E-state index in [1.807, 2.05) is 38.1 Å². The van der Waals surface area contributed by atoms with Crippen LogP contribution in [0.15, 0.2) is 60.2 Å². The molecule has 1 aliphatic rings. The second kappa shape index (κ2) is 11.5. The third-order valence-corrected chi connectivity index (χ3v) is 6.79. The Morgan fingerprint density at radius 2 is 1.73 bits per heavy atom. The molecule has 190 valence electrons. The fourth-order valence-electron chi connectivity index (χ4n) is 3.62. The molecule has 1 fully saturated rings. The van der Waals surface area contributed by atoms with E-state index in [9.17, 15) is 9.59 Å². The predicted octanol–water partition coefficient (Wildman–Crippen LogP) is 6.76. The summed E-state index contributed by atoms with van der Waals surface area (Å²) in [5.41, 5.74) is 2.65. The summed E-state index contributed by atoms with van der Waals surface area (Å²) in [6.07, 6.45) is 1.41. The van der Waals surface area contributed by atoms with Gasteiger partial charge in [-0.1, -0.05) is 70.7 Å². The van der Waals surface area contributed by atoms with Crippen LogP contribution < -0.4 is 19.7 Å². The van der Waals surface area contributed by atoms with Crippen molar-refractivity contribution in [2.24, 2.45) is 0 Å². The normalized spacial score (nSPS) is 14.7. The highest BCUT2D eigenvalue weighted by Crippen LogP contribution is 2.39. The molecule has 1 heterocycles. The van der Waals surface area contributed by atoms with Gasteiger partial charge < -0.3 is 9.47 Å². The molecule has 0 atom stereocenters. The first-order valence-electron chi connectivity index (χ1n) is 11.2. The zero-order valence-electron chi connectivity index (χ0n) is 19.8. The molecule has 3 aromatic carbocycles. The number of carbonyl (C=O) groups excluding carboxylic acids is 2. The average molecular weight is 576 g/mol. The van der Waals surface area contributed by atoms with Crippen molar-refractivity contribution in [3.05, 3.63) is 91.9 Å². The van der Waals surface area contributed by atoms with Crippen LogP contribution in [0.25, 0.3) is 6.08 Å². The van der Waals surface area contributed by atoms with Crippen LogP contribution in [-0.2, 0) is 16.2 Å². The van der Waals surface area contributed by atoms with E-state index in [1.54, 1.807) is 30.3 Å². The molecule has 0 saturated carbocycles. The summed E-state index contributed by atoms with van der Waals surface area (Å²) >= 11 is 24.2. The molecule has 3 aromatic rings. The minimum Gasteiger partial charge on any atom is -0.490 e. The third-order valence-electron chi connectivity index (χ3n) is 5.42. The van der Waals surface area contributed by atoms with Gasteiger partial charge in [0.05, 0.1) is 27.4 Å². The smallest absolute Gasteiger partial charge is 0.270 e. The highest BCUT2D eigenvalue weighted by atomic mass is 35.5. The molecule has 0 bridgehead atoms. The fraction of sp³-hybridized carbons (Fsp3) is 0.148. The van der Waals surface area contributed by atoms with E-state index < -0.39 is 11.8 Å². The number of hydrogen-bond acceptors (Lipinski definition) is 5. The van der Waals surface area contributed by atoms with Crippen molar-refractivity contribution in [2.75, 3.05) is 11.5 Å². The Balaban J connectivity index is 1.67. The summed E-state index contributed by atoms with van der Waals surface area (Å²) in [6, 6.07) is 16.0. The molecular weight excluding hydrogens is 555 g/mol. The summed E-state index contributed by atoms with van der Waals surface area (Å²) in [4.78, 5) is 27.2. The number of rotatable bonds is 7. The Bertz CT molecular complexity index is 1420. The van der Waals surface area contributed by atoms with Gasteiger partial charge in [-0.2, -0.15) is 0 Å². The molecule has 1 N–H and O–H groups in total. The van der Waals surface area contributed by atoms with E-state index in [1.165, 1.54) is 6.08 Å². The number of thiocarbonyl (C=S) groups is 1. The molecule has 37 heavy (non-hydrogen) atoms. The van der Waals surface area contributed by atoms with Crippen LogP contribution in [-0.4, -0.2) is 23.5 Å². The molecular formula is C27H21Cl3N2O4S. The number of anilines is 1. The summed E-state index contributed by atoms with van der Waals surface area (Å²) in [6.45, 7) is 4.48. The predicted molar refractivity (Wildman–Crippen MR) is 151 cm³/mol. The van der Waals surface area contributed by atoms with Crippen LogP contribution in [0.2, 0.25) is 15.1 Å². The highest BCUT2D eigenvalue weighted by Gasteiger charge is 2.35. The second-order valence-electron chi connectivity index (χ2n) is 8.07. The van der Waals surface area contributed by atoms with Crippen molar-refractivity contribution < 1.29 is 19.1 Å². The molecule has 0 unspecified atom stereocenters. The number of halogens is 3. The molecule has 6 nitrogen and oxygen atoms in total. The van der Waals surface area contributed by atoms with Gasteiger partial charge in [-0.3, -0.25) is 19.8 Å². The molecule has 4 rings (SSSR count). The monoisotopic (exact) mass is 574 g/mol. The zero-order valence-corrected chi connectivity index (χ0v) is 22.9. The van der Waals surface area contributed by atoms with Crippen molar-refractivity contribution in [1.82, 2.24) is 5.32 Å². The summed E-state index contributed by atoms with van der Waals surface area (Å²) in [5, 5.41) is 3.05. The minimum atomic E-state index is -0.660. The lowest BCUT2D eigenvalue weighted by Crippen LogP contribution is -2.54. The van der Waals surface area contributed by atoms with Gasteiger partial charge in [-0.05, 0) is 67.5 Å². The lowest BCUT2D eigenvalue weighted by molar-refractivity contribution is -0.122. The summed E-state index contributed by atoms with van der Waals surface area (Å²) in [7, 11) is 0. The number of carbonyl (C=O) groups is 2. The maximum atomic E-state index is 13.4. The van der Waals surface area contributed by atoms with Crippen LogP contribution in [0.5, 0.6) is 11.5 Å². The first kappa shape index (κ1) is 26.9. The van der Waals surface area contributed by atoms with Gasteiger partial charge in [-0.25, -0.2) is 0 Å². The van der Waals surface area contributed by atoms with E-state index in [2.05, 4.69) is 5.32 Å². The van der Waals surface area contributed by atoms with Crippen molar-refractivity contribution >= 4 is 75.7 Å². The summed E-state index contributed by atoms with van der Waals surface area (Å²) < 4.78 is 11.7. The molecule has 0 spiro atoms. The van der Waals surface area contributed by atoms with Gasteiger partial charge in [0.2, 0.25) is 0 Å². The van der Waals surface area contributed by atoms with Crippen molar-refractivity contribution in [3.63, 3.8) is 0 Å². The molecule has 0 aliphatic carbocycles. The number of benzene rings is 3. The molecule has 1 aliphatic heterocycles. The molecule has 0 aromatic heterocycles. The number of amides is 2. The van der Waals surface area contributed by atoms with Crippen molar-refractivity contribution in [1.29, 1.82) is 0 Å². The number of hydrogen-bond donors (Lipinski definition) is 1. The number of aryl methyl sites for hydroxylation is 1. The Morgan fingerprint density at radius 1 is 1.00 bits per heavy atom. The number of nitrogens with one attached hydrogen (secondary N) is 1. The maximum Gasteiger partial charge on any atom is 0.270 e. The van der Waals surface area contributed by atoms with Crippen LogP contribution in [0.4, 0.5) is 5.69 Å². The van der Waals surface area contributed by atoms with Crippen molar-refractivity contribution in [3.8, 4) is 11.5 Å². The van der Waals surface area contributed by atoms with E-state index in [4.69, 9.17) is 56.5 Å². The molecule has 2 amide bonds. The number of ether oxygens (including phenoxy) is 2. The maximum absolute atomic E-state index is 13.4. The minimum absolute atomic E-state index is 0.107. The van der Waals surface area contributed by atoms with E-state index in [-0.39, 0.29) is 38.0 Å². The standard InChI is InChI=1S/C27H21Cl3N2O4S/c1-3-35-22-13-17(12-20(29)24(22)36-14-16-9-7-15(2)8-10-16)11-18-25(33)31-27(37)32(26(18)34)21-6-4-5-19(28)23(21)30/h4-13H,3,14H2,1-2H3,(H,31,33,37)/b18-11+. The first-order chi connectivity index (χ1) is 17.7. The van der Waals surface area contributed by atoms with E-state index in [0.717, 1.165) is 16.0 Å².